The Balaban J connectivity index is 2.54. The number of hydrogen-bond acceptors (Lipinski definition) is 3. The number of nitrogens with zero attached hydrogens (tertiary/aromatic N) is 1. The van der Waals surface area contributed by atoms with Gasteiger partial charge in [-0.2, -0.15) is 0 Å². The number of carbonyl (C=O) groups is 1. The van der Waals surface area contributed by atoms with Crippen LogP contribution in [0.5, 0.6) is 5.75 Å². The molecule has 0 saturated carbocycles. The summed E-state index contributed by atoms with van der Waals surface area (Å²) in [5, 5.41) is 3.34. The van der Waals surface area contributed by atoms with Gasteiger partial charge >= 0.3 is 0 Å². The molecule has 1 rings (SSSR count). The molecule has 0 aromatic heterocycles. The first-order valence-electron chi connectivity index (χ1n) is 6.36. The topological polar surface area (TPSA) is 41.6 Å². The van der Waals surface area contributed by atoms with Crippen molar-refractivity contribution in [1.29, 1.82) is 0 Å². The van der Waals surface area contributed by atoms with Crippen LogP contribution < -0.4 is 10.1 Å². The zero-order chi connectivity index (χ0) is 14.3. The molecule has 0 heterocycles. The van der Waals surface area contributed by atoms with Crippen LogP contribution in [0.25, 0.3) is 0 Å². The summed E-state index contributed by atoms with van der Waals surface area (Å²) < 4.78 is 6.35. The van der Waals surface area contributed by atoms with Crippen molar-refractivity contribution in [2.75, 3.05) is 27.2 Å². The summed E-state index contributed by atoms with van der Waals surface area (Å²) >= 11 is 3.47. The zero-order valence-corrected chi connectivity index (χ0v) is 13.3. The zero-order valence-electron chi connectivity index (χ0n) is 11.7. The maximum Gasteiger partial charge on any atom is 0.259 e. The van der Waals surface area contributed by atoms with Crippen molar-refractivity contribution in [2.45, 2.75) is 19.9 Å². The molecule has 0 spiro atoms. The molecule has 1 amide bonds. The van der Waals surface area contributed by atoms with Crippen LogP contribution in [0, 0.1) is 0 Å². The average Bonchev–Trinajstić information content (AvgIpc) is 2.37. The Hall–Kier alpha value is -1.07. The average molecular weight is 329 g/mol. The predicted molar refractivity (Wildman–Crippen MR) is 80.3 cm³/mol. The van der Waals surface area contributed by atoms with Gasteiger partial charge in [-0.05, 0) is 46.6 Å². The predicted octanol–water partition coefficient (Wildman–Crippen LogP) is 2.42. The lowest BCUT2D eigenvalue weighted by Gasteiger charge is -2.13. The van der Waals surface area contributed by atoms with E-state index >= 15 is 0 Å². The van der Waals surface area contributed by atoms with E-state index in [2.05, 4.69) is 28.2 Å². The molecule has 106 valence electrons. The van der Waals surface area contributed by atoms with Crippen molar-refractivity contribution < 1.29 is 9.53 Å². The van der Waals surface area contributed by atoms with Crippen LogP contribution in [0.2, 0.25) is 0 Å². The molecular formula is C14H21BrN2O2. The van der Waals surface area contributed by atoms with Crippen LogP contribution in [-0.4, -0.2) is 38.1 Å². The second kappa shape index (κ2) is 8.17. The van der Waals surface area contributed by atoms with Crippen LogP contribution in [0.3, 0.4) is 0 Å². The summed E-state index contributed by atoms with van der Waals surface area (Å²) in [5.74, 6) is 0.634. The fourth-order valence-corrected chi connectivity index (χ4v) is 1.99. The number of hydrogen-bond donors (Lipinski definition) is 1. The molecule has 0 radical (unpaired) electrons. The number of carbonyl (C=O) groups excluding carboxylic acids is 1. The van der Waals surface area contributed by atoms with Gasteiger partial charge in [0.05, 0.1) is 4.47 Å². The molecule has 1 aromatic rings. The second-order valence-corrected chi connectivity index (χ2v) is 5.37. The summed E-state index contributed by atoms with van der Waals surface area (Å²) in [4.78, 5) is 13.0. The summed E-state index contributed by atoms with van der Waals surface area (Å²) in [6, 6.07) is 5.90. The van der Waals surface area contributed by atoms with E-state index in [-0.39, 0.29) is 12.5 Å². The van der Waals surface area contributed by atoms with Gasteiger partial charge in [0, 0.05) is 20.6 Å². The number of benzene rings is 1. The highest BCUT2D eigenvalue weighted by atomic mass is 79.9. The number of likely N-dealkylation sites (N-methyl/N-ethyl adjacent to an activating group) is 1. The monoisotopic (exact) mass is 328 g/mol. The lowest BCUT2D eigenvalue weighted by atomic mass is 10.2. The minimum atomic E-state index is -0.0550. The number of nitrogens with one attached hydrogen (secondary N) is 1. The highest BCUT2D eigenvalue weighted by Gasteiger charge is 2.07. The lowest BCUT2D eigenvalue weighted by molar-refractivity contribution is -0.130. The van der Waals surface area contributed by atoms with Crippen molar-refractivity contribution in [2.24, 2.45) is 0 Å². The third-order valence-electron chi connectivity index (χ3n) is 2.60. The summed E-state index contributed by atoms with van der Waals surface area (Å²) in [6.45, 7) is 4.04. The SMILES string of the molecule is CCCNCc1ccc(OCC(=O)N(C)C)c(Br)c1. The summed E-state index contributed by atoms with van der Waals surface area (Å²) in [6.07, 6.45) is 1.12. The van der Waals surface area contributed by atoms with Gasteiger partial charge in [0.15, 0.2) is 6.61 Å². The van der Waals surface area contributed by atoms with E-state index in [0.717, 1.165) is 24.0 Å². The van der Waals surface area contributed by atoms with Crippen molar-refractivity contribution in [1.82, 2.24) is 10.2 Å². The summed E-state index contributed by atoms with van der Waals surface area (Å²) in [5.41, 5.74) is 1.19. The molecule has 0 bridgehead atoms. The Morgan fingerprint density at radius 1 is 1.42 bits per heavy atom. The fraction of sp³-hybridized carbons (Fsp3) is 0.500. The van der Waals surface area contributed by atoms with E-state index in [1.165, 1.54) is 10.5 Å². The van der Waals surface area contributed by atoms with Gasteiger partial charge in [-0.25, -0.2) is 0 Å². The van der Waals surface area contributed by atoms with E-state index in [1.807, 2.05) is 18.2 Å². The minimum absolute atomic E-state index is 0.0546. The molecule has 1 N–H and O–H groups in total. The summed E-state index contributed by atoms with van der Waals surface area (Å²) in [7, 11) is 3.42. The van der Waals surface area contributed by atoms with Crippen LogP contribution >= 0.6 is 15.9 Å². The van der Waals surface area contributed by atoms with Crippen LogP contribution in [0.4, 0.5) is 0 Å². The standard InChI is InChI=1S/C14H21BrN2O2/c1-4-7-16-9-11-5-6-13(12(15)8-11)19-10-14(18)17(2)3/h5-6,8,16H,4,7,9-10H2,1-3H3. The van der Waals surface area contributed by atoms with Crippen molar-refractivity contribution in [3.05, 3.63) is 28.2 Å². The maximum absolute atomic E-state index is 11.4. The minimum Gasteiger partial charge on any atom is -0.483 e. The Morgan fingerprint density at radius 3 is 2.74 bits per heavy atom. The van der Waals surface area contributed by atoms with Crippen molar-refractivity contribution in [3.8, 4) is 5.75 Å². The quantitative estimate of drug-likeness (QED) is 0.781. The largest absolute Gasteiger partial charge is 0.483 e. The molecule has 0 saturated heterocycles. The molecule has 1 aromatic carbocycles. The first-order chi connectivity index (χ1) is 9.04. The van der Waals surface area contributed by atoms with E-state index in [1.54, 1.807) is 14.1 Å². The third kappa shape index (κ3) is 5.61. The third-order valence-corrected chi connectivity index (χ3v) is 3.22. The van der Waals surface area contributed by atoms with Gasteiger partial charge in [-0.15, -0.1) is 0 Å². The van der Waals surface area contributed by atoms with Crippen LogP contribution in [0.1, 0.15) is 18.9 Å². The van der Waals surface area contributed by atoms with E-state index in [0.29, 0.717) is 5.75 Å². The molecule has 0 fully saturated rings. The fourth-order valence-electron chi connectivity index (χ4n) is 1.45. The first-order valence-corrected chi connectivity index (χ1v) is 7.16. The van der Waals surface area contributed by atoms with Gasteiger partial charge in [-0.3, -0.25) is 4.79 Å². The van der Waals surface area contributed by atoms with Crippen LogP contribution in [0.15, 0.2) is 22.7 Å². The smallest absolute Gasteiger partial charge is 0.259 e. The van der Waals surface area contributed by atoms with E-state index in [9.17, 15) is 4.79 Å². The Labute approximate surface area is 123 Å². The molecule has 0 aliphatic carbocycles. The number of halogens is 1. The lowest BCUT2D eigenvalue weighted by Crippen LogP contribution is -2.27. The number of amides is 1. The normalized spacial score (nSPS) is 10.3. The molecule has 0 unspecified atom stereocenters. The highest BCUT2D eigenvalue weighted by molar-refractivity contribution is 9.10. The Morgan fingerprint density at radius 2 is 2.16 bits per heavy atom. The Bertz CT molecular complexity index is 422. The van der Waals surface area contributed by atoms with Gasteiger partial charge in [-0.1, -0.05) is 13.0 Å². The molecule has 5 heteroatoms. The maximum atomic E-state index is 11.4. The molecule has 0 aliphatic heterocycles. The van der Waals surface area contributed by atoms with Crippen molar-refractivity contribution in [3.63, 3.8) is 0 Å². The van der Waals surface area contributed by atoms with Gasteiger partial charge in [0.2, 0.25) is 0 Å². The Kier molecular flexibility index (Phi) is 6.87. The van der Waals surface area contributed by atoms with Gasteiger partial charge < -0.3 is 15.0 Å². The van der Waals surface area contributed by atoms with Crippen molar-refractivity contribution >= 4 is 21.8 Å². The van der Waals surface area contributed by atoms with Gasteiger partial charge in [0.25, 0.3) is 5.91 Å². The first kappa shape index (κ1) is 16.0. The molecule has 4 nitrogen and oxygen atoms in total. The number of rotatable bonds is 7. The number of ether oxygens (including phenoxy) is 1. The highest BCUT2D eigenvalue weighted by Crippen LogP contribution is 2.26. The molecule has 19 heavy (non-hydrogen) atoms. The van der Waals surface area contributed by atoms with Crippen LogP contribution in [-0.2, 0) is 11.3 Å². The van der Waals surface area contributed by atoms with E-state index < -0.39 is 0 Å². The van der Waals surface area contributed by atoms with E-state index in [4.69, 9.17) is 4.74 Å². The second-order valence-electron chi connectivity index (χ2n) is 4.52. The van der Waals surface area contributed by atoms with Gasteiger partial charge in [0.1, 0.15) is 5.75 Å². The molecular weight excluding hydrogens is 308 g/mol. The molecule has 0 aliphatic rings. The molecule has 0 atom stereocenters.